The van der Waals surface area contributed by atoms with Gasteiger partial charge in [0.15, 0.2) is 5.82 Å². The van der Waals surface area contributed by atoms with Gasteiger partial charge in [0.05, 0.1) is 7.11 Å². The molecule has 1 heterocycles. The van der Waals surface area contributed by atoms with E-state index in [2.05, 4.69) is 26.1 Å². The van der Waals surface area contributed by atoms with Crippen LogP contribution in [0.3, 0.4) is 0 Å². The summed E-state index contributed by atoms with van der Waals surface area (Å²) in [5.41, 5.74) is 1.83. The quantitative estimate of drug-likeness (QED) is 0.594. The van der Waals surface area contributed by atoms with Crippen molar-refractivity contribution in [2.24, 2.45) is 0 Å². The van der Waals surface area contributed by atoms with Crippen LogP contribution in [0.15, 0.2) is 66.7 Å². The molecule has 1 aromatic heterocycles. The number of benzene rings is 2. The van der Waals surface area contributed by atoms with Crippen LogP contribution in [0.4, 0.5) is 22.1 Å². The van der Waals surface area contributed by atoms with E-state index >= 15 is 0 Å². The van der Waals surface area contributed by atoms with Gasteiger partial charge in [-0.1, -0.05) is 36.4 Å². The van der Waals surface area contributed by atoms with Gasteiger partial charge in [-0.15, -0.1) is 10.2 Å². The Morgan fingerprint density at radius 1 is 0.889 bits per heavy atom. The first-order valence-corrected chi connectivity index (χ1v) is 8.57. The molecule has 3 rings (SSSR count). The topological polar surface area (TPSA) is 88.2 Å². The Hall–Kier alpha value is -3.61. The Balaban J connectivity index is 1.48. The van der Waals surface area contributed by atoms with Gasteiger partial charge < -0.3 is 15.4 Å². The van der Waals surface area contributed by atoms with E-state index in [1.54, 1.807) is 31.4 Å². The Bertz CT molecular complexity index is 869. The van der Waals surface area contributed by atoms with E-state index in [4.69, 9.17) is 4.74 Å². The molecule has 0 atom stereocenters. The number of para-hydroxylation sites is 2. The molecule has 0 bridgehead atoms. The fourth-order valence-electron chi connectivity index (χ4n) is 2.53. The number of anilines is 3. The molecule has 3 N–H and O–H groups in total. The van der Waals surface area contributed by atoms with Crippen molar-refractivity contribution in [3.8, 4) is 5.75 Å². The van der Waals surface area contributed by atoms with Crippen LogP contribution in [0.1, 0.15) is 5.56 Å². The van der Waals surface area contributed by atoms with E-state index in [1.807, 2.05) is 42.5 Å². The predicted molar refractivity (Wildman–Crippen MR) is 106 cm³/mol. The molecule has 0 unspecified atom stereocenters. The lowest BCUT2D eigenvalue weighted by molar-refractivity contribution is 0.262. The van der Waals surface area contributed by atoms with E-state index in [-0.39, 0.29) is 6.03 Å². The molecule has 7 nitrogen and oxygen atoms in total. The van der Waals surface area contributed by atoms with Crippen molar-refractivity contribution in [2.45, 2.75) is 6.42 Å². The lowest BCUT2D eigenvalue weighted by Gasteiger charge is -2.10. The summed E-state index contributed by atoms with van der Waals surface area (Å²) >= 11 is 0. The highest BCUT2D eigenvalue weighted by Gasteiger charge is 2.05. The molecular formula is C20H21N5O2. The first-order valence-electron chi connectivity index (χ1n) is 8.57. The normalized spacial score (nSPS) is 10.1. The molecule has 27 heavy (non-hydrogen) atoms. The van der Waals surface area contributed by atoms with Gasteiger partial charge in [0.2, 0.25) is 0 Å². The predicted octanol–water partition coefficient (Wildman–Crippen LogP) is 3.78. The smallest absolute Gasteiger partial charge is 0.324 e. The maximum atomic E-state index is 11.9. The molecule has 0 aliphatic rings. The second-order valence-electron chi connectivity index (χ2n) is 5.74. The molecule has 138 valence electrons. The highest BCUT2D eigenvalue weighted by Crippen LogP contribution is 2.17. The maximum absolute atomic E-state index is 11.9. The number of carbonyl (C=O) groups is 1. The van der Waals surface area contributed by atoms with Gasteiger partial charge in [-0.05, 0) is 42.3 Å². The number of hydrogen-bond acceptors (Lipinski definition) is 5. The number of carbonyl (C=O) groups excluding carboxylic acids is 1. The van der Waals surface area contributed by atoms with Crippen LogP contribution in [0.5, 0.6) is 5.75 Å². The molecule has 0 aliphatic heterocycles. The first-order chi connectivity index (χ1) is 13.2. The van der Waals surface area contributed by atoms with E-state index in [0.717, 1.165) is 17.7 Å². The average molecular weight is 363 g/mol. The number of rotatable bonds is 7. The van der Waals surface area contributed by atoms with Gasteiger partial charge in [0.25, 0.3) is 0 Å². The summed E-state index contributed by atoms with van der Waals surface area (Å²) in [4.78, 5) is 11.9. The van der Waals surface area contributed by atoms with Crippen molar-refractivity contribution >= 4 is 23.4 Å². The van der Waals surface area contributed by atoms with Crippen molar-refractivity contribution in [1.82, 2.24) is 10.2 Å². The summed E-state index contributed by atoms with van der Waals surface area (Å²) in [6.07, 6.45) is 0.797. The Morgan fingerprint density at radius 3 is 2.33 bits per heavy atom. The summed E-state index contributed by atoms with van der Waals surface area (Å²) in [7, 11) is 1.66. The monoisotopic (exact) mass is 363 g/mol. The number of nitrogens with zero attached hydrogens (tertiary/aromatic N) is 2. The number of amides is 2. The SMILES string of the molecule is COc1ccccc1CCNc1ccc(NC(=O)Nc2ccccc2)nn1. The molecule has 0 aliphatic carbocycles. The first kappa shape index (κ1) is 18.2. The third-order valence-corrected chi connectivity index (χ3v) is 3.83. The largest absolute Gasteiger partial charge is 0.496 e. The highest BCUT2D eigenvalue weighted by atomic mass is 16.5. The van der Waals surface area contributed by atoms with Crippen molar-refractivity contribution < 1.29 is 9.53 Å². The fourth-order valence-corrected chi connectivity index (χ4v) is 2.53. The van der Waals surface area contributed by atoms with E-state index in [9.17, 15) is 4.79 Å². The molecule has 2 aromatic carbocycles. The maximum Gasteiger partial charge on any atom is 0.324 e. The summed E-state index contributed by atoms with van der Waals surface area (Å²) in [6.45, 7) is 0.691. The Kier molecular flexibility index (Phi) is 6.19. The fraction of sp³-hybridized carbons (Fsp3) is 0.150. The second-order valence-corrected chi connectivity index (χ2v) is 5.74. The van der Waals surface area contributed by atoms with Crippen LogP contribution in [-0.2, 0) is 6.42 Å². The molecule has 0 fully saturated rings. The summed E-state index contributed by atoms with van der Waals surface area (Å²) in [5, 5.41) is 16.7. The van der Waals surface area contributed by atoms with E-state index in [0.29, 0.717) is 23.9 Å². The lowest BCUT2D eigenvalue weighted by Crippen LogP contribution is -2.20. The summed E-state index contributed by atoms with van der Waals surface area (Å²) in [5.74, 6) is 1.88. The third kappa shape index (κ3) is 5.43. The number of urea groups is 1. The third-order valence-electron chi connectivity index (χ3n) is 3.83. The average Bonchev–Trinajstić information content (AvgIpc) is 2.70. The number of methoxy groups -OCH3 is 1. The molecule has 0 spiro atoms. The van der Waals surface area contributed by atoms with Crippen molar-refractivity contribution in [1.29, 1.82) is 0 Å². The molecule has 0 saturated carbocycles. The van der Waals surface area contributed by atoms with Crippen molar-refractivity contribution in [3.05, 3.63) is 72.3 Å². The van der Waals surface area contributed by atoms with Crippen LogP contribution in [-0.4, -0.2) is 29.9 Å². The van der Waals surface area contributed by atoms with Gasteiger partial charge >= 0.3 is 6.03 Å². The number of ether oxygens (including phenoxy) is 1. The van der Waals surface area contributed by atoms with Crippen LogP contribution in [0, 0.1) is 0 Å². The zero-order chi connectivity index (χ0) is 18.9. The zero-order valence-electron chi connectivity index (χ0n) is 15.0. The molecule has 0 radical (unpaired) electrons. The zero-order valence-corrected chi connectivity index (χ0v) is 15.0. The summed E-state index contributed by atoms with van der Waals surface area (Å²) in [6, 6.07) is 20.2. The lowest BCUT2D eigenvalue weighted by atomic mass is 10.1. The minimum atomic E-state index is -0.368. The highest BCUT2D eigenvalue weighted by molar-refractivity contribution is 5.99. The van der Waals surface area contributed by atoms with Gasteiger partial charge in [-0.2, -0.15) is 0 Å². The van der Waals surface area contributed by atoms with Crippen LogP contribution in [0.25, 0.3) is 0 Å². The van der Waals surface area contributed by atoms with Gasteiger partial charge in [0, 0.05) is 12.2 Å². The second kappa shape index (κ2) is 9.19. The van der Waals surface area contributed by atoms with Gasteiger partial charge in [0.1, 0.15) is 11.6 Å². The standard InChI is InChI=1S/C20H21N5O2/c1-27-17-10-6-5-7-15(17)13-14-21-18-11-12-19(25-24-18)23-20(26)22-16-8-3-2-4-9-16/h2-12H,13-14H2,1H3,(H,21,24)(H2,22,23,25,26). The molecule has 2 amide bonds. The Morgan fingerprint density at radius 2 is 1.59 bits per heavy atom. The minimum absolute atomic E-state index is 0.368. The Labute approximate surface area is 157 Å². The molecule has 7 heteroatoms. The molecular weight excluding hydrogens is 342 g/mol. The van der Waals surface area contributed by atoms with Gasteiger partial charge in [-0.3, -0.25) is 5.32 Å². The van der Waals surface area contributed by atoms with Crippen LogP contribution in [0.2, 0.25) is 0 Å². The van der Waals surface area contributed by atoms with Crippen molar-refractivity contribution in [2.75, 3.05) is 29.6 Å². The summed E-state index contributed by atoms with van der Waals surface area (Å²) < 4.78 is 5.34. The van der Waals surface area contributed by atoms with Crippen LogP contribution >= 0.6 is 0 Å². The van der Waals surface area contributed by atoms with Gasteiger partial charge in [-0.25, -0.2) is 4.79 Å². The number of aromatic nitrogens is 2. The number of hydrogen-bond donors (Lipinski definition) is 3. The van der Waals surface area contributed by atoms with Crippen molar-refractivity contribution in [3.63, 3.8) is 0 Å². The molecule has 3 aromatic rings. The molecule has 0 saturated heterocycles. The van der Waals surface area contributed by atoms with Crippen LogP contribution < -0.4 is 20.7 Å². The minimum Gasteiger partial charge on any atom is -0.496 e. The number of nitrogens with one attached hydrogen (secondary N) is 3. The van der Waals surface area contributed by atoms with E-state index < -0.39 is 0 Å². The van der Waals surface area contributed by atoms with E-state index in [1.165, 1.54) is 0 Å².